The Balaban J connectivity index is 2.55. The summed E-state index contributed by atoms with van der Waals surface area (Å²) in [6.07, 6.45) is -8.98. The lowest BCUT2D eigenvalue weighted by molar-refractivity contribution is -0.138. The smallest absolute Gasteiger partial charge is 0.388 e. The van der Waals surface area contributed by atoms with Gasteiger partial charge in [0.05, 0.1) is 11.1 Å². The molecule has 148 valence electrons. The molecule has 0 amide bonds. The summed E-state index contributed by atoms with van der Waals surface area (Å²) in [4.78, 5) is 0. The second kappa shape index (κ2) is 8.03. The van der Waals surface area contributed by atoms with Gasteiger partial charge in [0.25, 0.3) is 0 Å². The second-order valence-electron chi connectivity index (χ2n) is 5.63. The number of halogens is 6. The minimum atomic E-state index is -4.49. The third-order valence-corrected chi connectivity index (χ3v) is 7.46. The fourth-order valence-electron chi connectivity index (χ4n) is 2.71. The van der Waals surface area contributed by atoms with Crippen LogP contribution in [-0.4, -0.2) is 21.8 Å². The van der Waals surface area contributed by atoms with Crippen molar-refractivity contribution in [1.29, 1.82) is 0 Å². The van der Waals surface area contributed by atoms with Gasteiger partial charge in [-0.25, -0.2) is 0 Å². The molecule has 0 heterocycles. The first-order valence-electron chi connectivity index (χ1n) is 8.18. The Bertz CT molecular complexity index is 673. The number of benzene rings is 2. The van der Waals surface area contributed by atoms with Crippen LogP contribution < -0.4 is 10.4 Å². The summed E-state index contributed by atoms with van der Waals surface area (Å²) < 4.78 is 88.7. The van der Waals surface area contributed by atoms with Crippen LogP contribution in [0.15, 0.2) is 48.5 Å². The summed E-state index contributed by atoms with van der Waals surface area (Å²) in [5.74, 6) is 0. The predicted molar refractivity (Wildman–Crippen MR) is 91.2 cm³/mol. The van der Waals surface area contributed by atoms with Gasteiger partial charge in [-0.05, 0) is 48.5 Å². The maximum atomic E-state index is 12.8. The first-order valence-corrected chi connectivity index (χ1v) is 9.99. The fourth-order valence-corrected chi connectivity index (χ4v) is 5.81. The van der Waals surface area contributed by atoms with Gasteiger partial charge in [-0.1, -0.05) is 24.3 Å². The van der Waals surface area contributed by atoms with Crippen LogP contribution in [0.5, 0.6) is 0 Å². The van der Waals surface area contributed by atoms with Gasteiger partial charge in [0.2, 0.25) is 0 Å². The van der Waals surface area contributed by atoms with Crippen molar-refractivity contribution < 1.29 is 35.2 Å². The van der Waals surface area contributed by atoms with E-state index in [4.69, 9.17) is 8.85 Å². The molecule has 0 bridgehead atoms. The van der Waals surface area contributed by atoms with Crippen LogP contribution in [0.25, 0.3) is 0 Å². The largest absolute Gasteiger partial charge is 0.416 e. The van der Waals surface area contributed by atoms with E-state index >= 15 is 0 Å². The molecule has 0 aromatic heterocycles. The molecule has 0 unspecified atom stereocenters. The van der Waals surface area contributed by atoms with E-state index < -0.39 is 32.0 Å². The molecule has 0 radical (unpaired) electrons. The summed E-state index contributed by atoms with van der Waals surface area (Å²) in [6.45, 7) is 3.76. The first-order chi connectivity index (χ1) is 12.5. The molecule has 0 spiro atoms. The molecule has 0 atom stereocenters. The van der Waals surface area contributed by atoms with E-state index in [9.17, 15) is 26.3 Å². The molecule has 0 fully saturated rings. The summed E-state index contributed by atoms with van der Waals surface area (Å²) in [5.41, 5.74) is -1.65. The number of alkyl halides is 6. The highest BCUT2D eigenvalue weighted by molar-refractivity contribution is 6.92. The fraction of sp³-hybridized carbons (Fsp3) is 0.333. The monoisotopic (exact) mass is 408 g/mol. The zero-order valence-electron chi connectivity index (χ0n) is 14.6. The molecule has 2 rings (SSSR count). The van der Waals surface area contributed by atoms with Gasteiger partial charge in [-0.15, -0.1) is 0 Å². The summed E-state index contributed by atoms with van der Waals surface area (Å²) in [5, 5.41) is 0.776. The highest BCUT2D eigenvalue weighted by Crippen LogP contribution is 2.30. The molecule has 2 aromatic carbocycles. The maximum Gasteiger partial charge on any atom is 0.416 e. The molecule has 0 aliphatic heterocycles. The van der Waals surface area contributed by atoms with Crippen LogP contribution in [0.2, 0.25) is 0 Å². The third-order valence-electron chi connectivity index (χ3n) is 3.88. The maximum absolute atomic E-state index is 12.8. The Hall–Kier alpha value is -1.84. The molecular weight excluding hydrogens is 390 g/mol. The molecular formula is C18H18F6O2Si. The van der Waals surface area contributed by atoms with Crippen LogP contribution in [0, 0.1) is 0 Å². The molecule has 9 heteroatoms. The van der Waals surface area contributed by atoms with Gasteiger partial charge in [0.1, 0.15) is 0 Å². The van der Waals surface area contributed by atoms with E-state index in [0.29, 0.717) is 10.4 Å². The van der Waals surface area contributed by atoms with Gasteiger partial charge < -0.3 is 8.85 Å². The first kappa shape index (κ1) is 21.5. The van der Waals surface area contributed by atoms with Crippen LogP contribution in [0.4, 0.5) is 26.3 Å². The van der Waals surface area contributed by atoms with Gasteiger partial charge in [0.15, 0.2) is 0 Å². The standard InChI is InChI=1S/C18H18F6O2Si/c1-3-25-27(26-4-2,15-9-5-13(6-10-15)17(19,20)21)16-11-7-14(8-12-16)18(22,23)24/h5-12H,3-4H2,1-2H3. The SMILES string of the molecule is CCO[Si](OCC)(c1ccc(C(F)(F)F)cc1)c1ccc(C(F)(F)F)cc1. The van der Waals surface area contributed by atoms with Crippen molar-refractivity contribution >= 4 is 18.9 Å². The molecule has 0 aliphatic carbocycles. The third kappa shape index (κ3) is 4.71. The Morgan fingerprint density at radius 2 is 0.926 bits per heavy atom. The minimum absolute atomic E-state index is 0.189. The van der Waals surface area contributed by atoms with E-state index in [1.54, 1.807) is 13.8 Å². The van der Waals surface area contributed by atoms with Crippen LogP contribution in [-0.2, 0) is 21.2 Å². The van der Waals surface area contributed by atoms with Crippen molar-refractivity contribution in [2.45, 2.75) is 26.2 Å². The van der Waals surface area contributed by atoms with E-state index in [-0.39, 0.29) is 13.2 Å². The Labute approximate surface area is 154 Å². The zero-order chi connectivity index (χ0) is 20.3. The molecule has 0 saturated heterocycles. The topological polar surface area (TPSA) is 18.5 Å². The summed E-state index contributed by atoms with van der Waals surface area (Å²) >= 11 is 0. The molecule has 0 N–H and O–H groups in total. The van der Waals surface area contributed by atoms with Gasteiger partial charge >= 0.3 is 20.9 Å². The normalized spacial score (nSPS) is 13.0. The predicted octanol–water partition coefficient (Wildman–Crippen LogP) is 4.35. The van der Waals surface area contributed by atoms with Crippen LogP contribution >= 0.6 is 0 Å². The van der Waals surface area contributed by atoms with Crippen molar-refractivity contribution in [3.63, 3.8) is 0 Å². The van der Waals surface area contributed by atoms with Crippen LogP contribution in [0.1, 0.15) is 25.0 Å². The highest BCUT2D eigenvalue weighted by Gasteiger charge is 2.43. The minimum Gasteiger partial charge on any atom is -0.388 e. The Morgan fingerprint density at radius 1 is 0.630 bits per heavy atom. The molecule has 2 aromatic rings. The molecule has 2 nitrogen and oxygen atoms in total. The number of rotatable bonds is 6. The van der Waals surface area contributed by atoms with E-state index in [0.717, 1.165) is 24.3 Å². The van der Waals surface area contributed by atoms with Crippen molar-refractivity contribution in [3.05, 3.63) is 59.7 Å². The van der Waals surface area contributed by atoms with Crippen molar-refractivity contribution in [1.82, 2.24) is 0 Å². The van der Waals surface area contributed by atoms with Crippen molar-refractivity contribution in [3.8, 4) is 0 Å². The number of hydrogen-bond donors (Lipinski definition) is 0. The van der Waals surface area contributed by atoms with Gasteiger partial charge in [-0.3, -0.25) is 0 Å². The average Bonchev–Trinajstić information content (AvgIpc) is 2.60. The summed E-state index contributed by atoms with van der Waals surface area (Å²) in [6, 6.07) is 8.71. The second-order valence-corrected chi connectivity index (χ2v) is 8.60. The van der Waals surface area contributed by atoms with Crippen molar-refractivity contribution in [2.75, 3.05) is 13.2 Å². The molecule has 0 aliphatic rings. The average molecular weight is 408 g/mol. The molecule has 27 heavy (non-hydrogen) atoms. The lowest BCUT2D eigenvalue weighted by atomic mass is 10.2. The number of hydrogen-bond acceptors (Lipinski definition) is 2. The van der Waals surface area contributed by atoms with Crippen LogP contribution in [0.3, 0.4) is 0 Å². The summed E-state index contributed by atoms with van der Waals surface area (Å²) in [7, 11) is -3.45. The van der Waals surface area contributed by atoms with Gasteiger partial charge in [0, 0.05) is 13.2 Å². The van der Waals surface area contributed by atoms with E-state index in [1.165, 1.54) is 24.3 Å². The Morgan fingerprint density at radius 3 is 1.15 bits per heavy atom. The van der Waals surface area contributed by atoms with Crippen molar-refractivity contribution in [2.24, 2.45) is 0 Å². The lowest BCUT2D eigenvalue weighted by Crippen LogP contribution is -2.63. The van der Waals surface area contributed by atoms with E-state index in [2.05, 4.69) is 0 Å². The lowest BCUT2D eigenvalue weighted by Gasteiger charge is -2.31. The molecule has 0 saturated carbocycles. The highest BCUT2D eigenvalue weighted by atomic mass is 28.4. The zero-order valence-corrected chi connectivity index (χ0v) is 15.6. The van der Waals surface area contributed by atoms with E-state index in [1.807, 2.05) is 0 Å². The Kier molecular flexibility index (Phi) is 6.38. The van der Waals surface area contributed by atoms with Gasteiger partial charge in [-0.2, -0.15) is 26.3 Å². The quantitative estimate of drug-likeness (QED) is 0.523.